The minimum absolute atomic E-state index is 0.349. The van der Waals surface area contributed by atoms with Crippen molar-refractivity contribution in [3.05, 3.63) is 47.2 Å². The molecule has 2 saturated heterocycles. The lowest BCUT2D eigenvalue weighted by atomic mass is 10.0. The van der Waals surface area contributed by atoms with Crippen molar-refractivity contribution in [3.63, 3.8) is 0 Å². The summed E-state index contributed by atoms with van der Waals surface area (Å²) in [6.07, 6.45) is 1.01. The Hall–Kier alpha value is -2.18. The van der Waals surface area contributed by atoms with Crippen molar-refractivity contribution in [2.75, 3.05) is 50.0 Å². The van der Waals surface area contributed by atoms with Crippen LogP contribution in [0.1, 0.15) is 29.2 Å². The van der Waals surface area contributed by atoms with Crippen molar-refractivity contribution >= 4 is 11.8 Å². The van der Waals surface area contributed by atoms with E-state index in [9.17, 15) is 0 Å². The van der Waals surface area contributed by atoms with Crippen LogP contribution in [0.5, 0.6) is 0 Å². The number of nitrogens with zero attached hydrogens (tertiary/aromatic N) is 4. The molecule has 0 saturated carbocycles. The highest BCUT2D eigenvalue weighted by atomic mass is 16.5. The maximum atomic E-state index is 5.98. The van der Waals surface area contributed by atoms with Gasteiger partial charge in [-0.15, -0.1) is 0 Å². The van der Waals surface area contributed by atoms with Gasteiger partial charge in [-0.25, -0.2) is 4.98 Å². The van der Waals surface area contributed by atoms with Crippen LogP contribution < -0.4 is 10.6 Å². The smallest absolute Gasteiger partial charge is 0.222 e. The molecule has 0 bridgehead atoms. The predicted octanol–water partition coefficient (Wildman–Crippen LogP) is 2.19. The Kier molecular flexibility index (Phi) is 5.04. The number of aromatic nitrogens is 2. The van der Waals surface area contributed by atoms with Crippen LogP contribution >= 0.6 is 0 Å². The second-order valence-corrected chi connectivity index (χ2v) is 7.32. The zero-order chi connectivity index (χ0) is 17.9. The number of nitrogen functional groups attached to an aromatic ring is 1. The zero-order valence-electron chi connectivity index (χ0n) is 15.4. The number of piperazine rings is 1. The van der Waals surface area contributed by atoms with E-state index in [0.717, 1.165) is 63.9 Å². The fraction of sp³-hybridized carbons (Fsp3) is 0.500. The van der Waals surface area contributed by atoms with Gasteiger partial charge in [0, 0.05) is 51.3 Å². The number of nitrogens with two attached hydrogens (primary N) is 1. The quantitative estimate of drug-likeness (QED) is 0.909. The molecular weight excluding hydrogens is 326 g/mol. The Morgan fingerprint density at radius 2 is 2.00 bits per heavy atom. The molecule has 0 unspecified atom stereocenters. The Morgan fingerprint density at radius 3 is 2.73 bits per heavy atom. The average Bonchev–Trinajstić information content (AvgIpc) is 3.17. The van der Waals surface area contributed by atoms with Crippen LogP contribution in [0.25, 0.3) is 0 Å². The average molecular weight is 353 g/mol. The number of benzene rings is 1. The highest BCUT2D eigenvalue weighted by Gasteiger charge is 2.23. The van der Waals surface area contributed by atoms with E-state index < -0.39 is 0 Å². The lowest BCUT2D eigenvalue weighted by Crippen LogP contribution is -2.46. The van der Waals surface area contributed by atoms with Crippen LogP contribution in [0.4, 0.5) is 11.8 Å². The highest BCUT2D eigenvalue weighted by Crippen LogP contribution is 2.27. The number of rotatable bonds is 4. The summed E-state index contributed by atoms with van der Waals surface area (Å²) in [7, 11) is 0. The van der Waals surface area contributed by atoms with E-state index in [0.29, 0.717) is 11.9 Å². The van der Waals surface area contributed by atoms with Crippen LogP contribution in [0.2, 0.25) is 0 Å². The molecule has 1 aromatic carbocycles. The summed E-state index contributed by atoms with van der Waals surface area (Å²) in [4.78, 5) is 13.7. The number of hydrogen-bond donors (Lipinski definition) is 1. The molecule has 0 spiro atoms. The molecule has 0 amide bonds. The van der Waals surface area contributed by atoms with Crippen molar-refractivity contribution in [2.24, 2.45) is 0 Å². The van der Waals surface area contributed by atoms with Gasteiger partial charge in [-0.2, -0.15) is 4.98 Å². The minimum atomic E-state index is 0.349. The van der Waals surface area contributed by atoms with Crippen molar-refractivity contribution in [3.8, 4) is 0 Å². The summed E-state index contributed by atoms with van der Waals surface area (Å²) < 4.78 is 5.49. The summed E-state index contributed by atoms with van der Waals surface area (Å²) in [6.45, 7) is 8.67. The van der Waals surface area contributed by atoms with Crippen LogP contribution in [-0.4, -0.2) is 54.3 Å². The molecule has 0 aliphatic carbocycles. The molecule has 6 nitrogen and oxygen atoms in total. The zero-order valence-corrected chi connectivity index (χ0v) is 15.4. The number of aryl methyl sites for hydroxylation is 1. The van der Waals surface area contributed by atoms with Gasteiger partial charge in [0.25, 0.3) is 0 Å². The molecule has 2 aromatic rings. The summed E-state index contributed by atoms with van der Waals surface area (Å²) in [5.74, 6) is 1.67. The maximum Gasteiger partial charge on any atom is 0.222 e. The molecule has 1 atom stereocenters. The van der Waals surface area contributed by atoms with Gasteiger partial charge < -0.3 is 15.4 Å². The molecule has 2 aliphatic heterocycles. The Bertz CT molecular complexity index is 752. The molecule has 138 valence electrons. The summed E-state index contributed by atoms with van der Waals surface area (Å²) >= 11 is 0. The summed E-state index contributed by atoms with van der Waals surface area (Å²) in [6, 6.07) is 10.9. The van der Waals surface area contributed by atoms with Crippen molar-refractivity contribution in [1.29, 1.82) is 0 Å². The predicted molar refractivity (Wildman–Crippen MR) is 103 cm³/mol. The molecule has 4 rings (SSSR count). The normalized spacial score (nSPS) is 21.3. The minimum Gasteiger partial charge on any atom is -0.381 e. The standard InChI is InChI=1S/C20H27N5O/c1-15-3-2-4-16(11-15)13-24-6-8-25(9-7-24)19-12-18(22-20(21)23-19)17-5-10-26-14-17/h2-4,11-12,17H,5-10,13-14H2,1H3,(H2,21,22,23)/t17-/m1/s1. The van der Waals surface area contributed by atoms with Gasteiger partial charge in [-0.1, -0.05) is 29.8 Å². The lowest BCUT2D eigenvalue weighted by molar-refractivity contribution is 0.193. The van der Waals surface area contributed by atoms with Gasteiger partial charge in [0.1, 0.15) is 5.82 Å². The summed E-state index contributed by atoms with van der Waals surface area (Å²) in [5, 5.41) is 0. The maximum absolute atomic E-state index is 5.98. The van der Waals surface area contributed by atoms with Gasteiger partial charge >= 0.3 is 0 Å². The van der Waals surface area contributed by atoms with Gasteiger partial charge in [0.05, 0.1) is 12.3 Å². The molecule has 6 heteroatoms. The summed E-state index contributed by atoms with van der Waals surface area (Å²) in [5.41, 5.74) is 9.70. The first-order chi connectivity index (χ1) is 12.7. The van der Waals surface area contributed by atoms with Crippen LogP contribution in [-0.2, 0) is 11.3 Å². The van der Waals surface area contributed by atoms with E-state index in [-0.39, 0.29) is 0 Å². The van der Waals surface area contributed by atoms with E-state index in [2.05, 4.69) is 57.0 Å². The Balaban J connectivity index is 1.40. The fourth-order valence-corrected chi connectivity index (χ4v) is 3.81. The van der Waals surface area contributed by atoms with Gasteiger partial charge in [0.2, 0.25) is 5.95 Å². The largest absolute Gasteiger partial charge is 0.381 e. The van der Waals surface area contributed by atoms with Crippen LogP contribution in [0.3, 0.4) is 0 Å². The van der Waals surface area contributed by atoms with E-state index in [1.54, 1.807) is 0 Å². The first kappa shape index (κ1) is 17.2. The van der Waals surface area contributed by atoms with Gasteiger partial charge in [-0.05, 0) is 18.9 Å². The molecule has 2 N–H and O–H groups in total. The number of anilines is 2. The van der Waals surface area contributed by atoms with Crippen LogP contribution in [0.15, 0.2) is 30.3 Å². The molecule has 3 heterocycles. The van der Waals surface area contributed by atoms with Crippen molar-refractivity contribution in [1.82, 2.24) is 14.9 Å². The molecule has 1 aromatic heterocycles. The Morgan fingerprint density at radius 1 is 1.15 bits per heavy atom. The molecule has 2 fully saturated rings. The molecule has 2 aliphatic rings. The molecule has 26 heavy (non-hydrogen) atoms. The third-order valence-electron chi connectivity index (χ3n) is 5.28. The number of hydrogen-bond acceptors (Lipinski definition) is 6. The van der Waals surface area contributed by atoms with Crippen LogP contribution in [0, 0.1) is 6.92 Å². The number of ether oxygens (including phenoxy) is 1. The van der Waals surface area contributed by atoms with Crippen molar-refractivity contribution in [2.45, 2.75) is 25.8 Å². The van der Waals surface area contributed by atoms with E-state index >= 15 is 0 Å². The fourth-order valence-electron chi connectivity index (χ4n) is 3.81. The first-order valence-electron chi connectivity index (χ1n) is 9.42. The highest BCUT2D eigenvalue weighted by molar-refractivity contribution is 5.45. The third kappa shape index (κ3) is 3.97. The van der Waals surface area contributed by atoms with E-state index in [4.69, 9.17) is 10.5 Å². The van der Waals surface area contributed by atoms with E-state index in [1.165, 1.54) is 11.1 Å². The monoisotopic (exact) mass is 353 g/mol. The van der Waals surface area contributed by atoms with Gasteiger partial charge in [0.15, 0.2) is 0 Å². The van der Waals surface area contributed by atoms with E-state index in [1.807, 2.05) is 0 Å². The second-order valence-electron chi connectivity index (χ2n) is 7.32. The molecular formula is C20H27N5O. The second kappa shape index (κ2) is 7.60. The Labute approximate surface area is 155 Å². The topological polar surface area (TPSA) is 67.5 Å². The molecule has 0 radical (unpaired) electrons. The SMILES string of the molecule is Cc1cccc(CN2CCN(c3cc([C@@H]4CCOC4)nc(N)n3)CC2)c1. The van der Waals surface area contributed by atoms with Gasteiger partial charge in [-0.3, -0.25) is 4.90 Å². The lowest BCUT2D eigenvalue weighted by Gasteiger charge is -2.35. The first-order valence-corrected chi connectivity index (χ1v) is 9.42. The third-order valence-corrected chi connectivity index (χ3v) is 5.28. The van der Waals surface area contributed by atoms with Crippen molar-refractivity contribution < 1.29 is 4.74 Å².